The van der Waals surface area contributed by atoms with E-state index in [1.54, 1.807) is 0 Å². The third-order valence-corrected chi connectivity index (χ3v) is 13.8. The van der Waals surface area contributed by atoms with E-state index in [0.29, 0.717) is 0 Å². The molecule has 1 fully saturated rings. The molecule has 1 aliphatic heterocycles. The van der Waals surface area contributed by atoms with E-state index in [0.717, 1.165) is 4.90 Å². The van der Waals surface area contributed by atoms with E-state index in [1.807, 2.05) is 0 Å². The molecule has 1 aliphatic rings. The van der Waals surface area contributed by atoms with E-state index in [9.17, 15) is 0 Å². The SMILES string of the molecule is CC(C)(C)C1(c2ccc(S)cc2)CCCP1(=Nc1cccc2ccccc12)C(C)(C)C. The molecule has 31 heavy (non-hydrogen) atoms. The first kappa shape index (κ1) is 22.7. The molecule has 3 aromatic carbocycles. The molecule has 0 aliphatic carbocycles. The number of rotatable bonds is 2. The van der Waals surface area contributed by atoms with Gasteiger partial charge in [0.1, 0.15) is 0 Å². The third-order valence-electron chi connectivity index (χ3n) is 7.39. The first-order valence-corrected chi connectivity index (χ1v) is 13.8. The molecule has 0 radical (unpaired) electrons. The van der Waals surface area contributed by atoms with Gasteiger partial charge in [-0.05, 0) is 65.8 Å². The Morgan fingerprint density at radius 2 is 1.48 bits per heavy atom. The summed E-state index contributed by atoms with van der Waals surface area (Å²) in [5.74, 6) is 0. The molecular formula is C28H36NPS. The summed E-state index contributed by atoms with van der Waals surface area (Å²) in [6, 6.07) is 24.3. The van der Waals surface area contributed by atoms with Crippen molar-refractivity contribution in [3.05, 3.63) is 72.3 Å². The van der Waals surface area contributed by atoms with Crippen molar-refractivity contribution in [3.63, 3.8) is 0 Å². The minimum atomic E-state index is -1.86. The van der Waals surface area contributed by atoms with Gasteiger partial charge < -0.3 is 0 Å². The fourth-order valence-corrected chi connectivity index (χ4v) is 12.4. The molecule has 0 amide bonds. The second-order valence-electron chi connectivity index (χ2n) is 11.0. The predicted octanol–water partition coefficient (Wildman–Crippen LogP) is 9.50. The fourth-order valence-electron chi connectivity index (χ4n) is 6.07. The van der Waals surface area contributed by atoms with Crippen LogP contribution in [0.15, 0.2) is 76.4 Å². The van der Waals surface area contributed by atoms with Crippen LogP contribution in [0.5, 0.6) is 0 Å². The molecule has 2 unspecified atom stereocenters. The lowest BCUT2D eigenvalue weighted by atomic mass is 9.73. The zero-order valence-corrected chi connectivity index (χ0v) is 21.6. The Kier molecular flexibility index (Phi) is 5.72. The first-order valence-electron chi connectivity index (χ1n) is 11.4. The van der Waals surface area contributed by atoms with Crippen molar-refractivity contribution in [2.24, 2.45) is 10.2 Å². The van der Waals surface area contributed by atoms with Crippen molar-refractivity contribution in [3.8, 4) is 0 Å². The predicted molar refractivity (Wildman–Crippen MR) is 142 cm³/mol. The molecule has 2 atom stereocenters. The zero-order valence-electron chi connectivity index (χ0n) is 19.8. The minimum absolute atomic E-state index is 0.0384. The molecule has 3 heteroatoms. The van der Waals surface area contributed by atoms with E-state index in [1.165, 1.54) is 41.0 Å². The van der Waals surface area contributed by atoms with Crippen LogP contribution in [0, 0.1) is 5.41 Å². The standard InChI is InChI=1S/C28H36NPS/c1-26(2,3)28(22-15-17-23(31)18-16-22)19-10-20-30(28,27(4,5)6)29-25-14-9-12-21-11-7-8-13-24(21)25/h7-9,11-18,31H,10,19-20H2,1-6H3. The molecule has 4 rings (SSSR count). The maximum absolute atomic E-state index is 5.90. The van der Waals surface area contributed by atoms with E-state index >= 15 is 0 Å². The van der Waals surface area contributed by atoms with Gasteiger partial charge in [-0.1, -0.05) is 90.1 Å². The lowest BCUT2D eigenvalue weighted by Crippen LogP contribution is -2.42. The van der Waals surface area contributed by atoms with Gasteiger partial charge in [0, 0.05) is 15.4 Å². The second kappa shape index (κ2) is 7.82. The van der Waals surface area contributed by atoms with Crippen LogP contribution in [0.1, 0.15) is 59.9 Å². The Labute approximate surface area is 194 Å². The fraction of sp³-hybridized carbons (Fsp3) is 0.429. The first-order chi connectivity index (χ1) is 14.5. The number of hydrogen-bond donors (Lipinski definition) is 1. The largest absolute Gasteiger partial charge is 0.265 e. The monoisotopic (exact) mass is 449 g/mol. The number of fused-ring (bicyclic) bond motifs is 1. The Morgan fingerprint density at radius 1 is 0.839 bits per heavy atom. The van der Waals surface area contributed by atoms with Gasteiger partial charge in [0.15, 0.2) is 0 Å². The van der Waals surface area contributed by atoms with Crippen LogP contribution in [0.4, 0.5) is 5.69 Å². The summed E-state index contributed by atoms with van der Waals surface area (Å²) in [6.07, 6.45) is 3.64. The smallest absolute Gasteiger partial charge is 0.0692 e. The lowest BCUT2D eigenvalue weighted by molar-refractivity contribution is 0.266. The van der Waals surface area contributed by atoms with Crippen molar-refractivity contribution >= 4 is 36.1 Å². The van der Waals surface area contributed by atoms with Gasteiger partial charge in [-0.25, -0.2) is 0 Å². The van der Waals surface area contributed by atoms with Gasteiger partial charge in [0.2, 0.25) is 0 Å². The number of nitrogens with zero attached hydrogens (tertiary/aromatic N) is 1. The summed E-state index contributed by atoms with van der Waals surface area (Å²) >= 11 is 4.58. The topological polar surface area (TPSA) is 12.4 Å². The van der Waals surface area contributed by atoms with Gasteiger partial charge in [-0.15, -0.1) is 12.6 Å². The summed E-state index contributed by atoms with van der Waals surface area (Å²) in [5.41, 5.74) is 2.71. The highest BCUT2D eigenvalue weighted by atomic mass is 32.1. The molecule has 0 bridgehead atoms. The van der Waals surface area contributed by atoms with Crippen molar-refractivity contribution in [2.75, 3.05) is 6.16 Å². The second-order valence-corrected chi connectivity index (χ2v) is 15.8. The molecule has 1 saturated heterocycles. The van der Waals surface area contributed by atoms with Crippen LogP contribution in [0.2, 0.25) is 0 Å². The highest BCUT2D eigenvalue weighted by Gasteiger charge is 2.60. The van der Waals surface area contributed by atoms with E-state index in [-0.39, 0.29) is 15.7 Å². The van der Waals surface area contributed by atoms with Gasteiger partial charge >= 0.3 is 0 Å². The quantitative estimate of drug-likeness (QED) is 0.295. The maximum atomic E-state index is 5.90. The highest BCUT2D eigenvalue weighted by molar-refractivity contribution is 7.80. The van der Waals surface area contributed by atoms with Crippen LogP contribution in [0.25, 0.3) is 10.8 Å². The molecule has 3 aromatic rings. The number of benzene rings is 3. The molecule has 0 N–H and O–H groups in total. The summed E-state index contributed by atoms with van der Waals surface area (Å²) in [4.78, 5) is 1.02. The van der Waals surface area contributed by atoms with Crippen LogP contribution in [0.3, 0.4) is 0 Å². The Bertz CT molecular complexity index is 1140. The molecule has 0 spiro atoms. The van der Waals surface area contributed by atoms with Crippen LogP contribution < -0.4 is 0 Å². The summed E-state index contributed by atoms with van der Waals surface area (Å²) < 4.78 is 5.90. The van der Waals surface area contributed by atoms with E-state index < -0.39 is 7.05 Å². The van der Waals surface area contributed by atoms with Gasteiger partial charge in [-0.2, -0.15) is 0 Å². The van der Waals surface area contributed by atoms with Crippen molar-refractivity contribution in [2.45, 2.75) is 69.6 Å². The molecule has 1 heterocycles. The normalized spacial score (nSPS) is 24.5. The lowest BCUT2D eigenvalue weighted by Gasteiger charge is -2.55. The van der Waals surface area contributed by atoms with E-state index in [2.05, 4.69) is 121 Å². The van der Waals surface area contributed by atoms with Crippen LogP contribution in [-0.2, 0) is 5.16 Å². The summed E-state index contributed by atoms with van der Waals surface area (Å²) in [5, 5.41) is 2.69. The third kappa shape index (κ3) is 3.51. The molecule has 164 valence electrons. The number of thiol groups is 1. The molecule has 1 nitrogen and oxygen atoms in total. The van der Waals surface area contributed by atoms with Gasteiger partial charge in [0.25, 0.3) is 0 Å². The molecule has 0 aromatic heterocycles. The minimum Gasteiger partial charge on any atom is -0.265 e. The van der Waals surface area contributed by atoms with E-state index in [4.69, 9.17) is 4.74 Å². The Balaban J connectivity index is 2.12. The van der Waals surface area contributed by atoms with Crippen molar-refractivity contribution in [1.82, 2.24) is 0 Å². The van der Waals surface area contributed by atoms with Crippen molar-refractivity contribution in [1.29, 1.82) is 0 Å². The molecular weight excluding hydrogens is 413 g/mol. The Hall–Kier alpha value is -1.50. The molecule has 0 saturated carbocycles. The van der Waals surface area contributed by atoms with Crippen LogP contribution >= 0.6 is 19.7 Å². The van der Waals surface area contributed by atoms with Crippen LogP contribution in [-0.4, -0.2) is 11.3 Å². The summed E-state index contributed by atoms with van der Waals surface area (Å²) in [6.45, 7) is 14.6. The highest BCUT2D eigenvalue weighted by Crippen LogP contribution is 2.83. The summed E-state index contributed by atoms with van der Waals surface area (Å²) in [7, 11) is -1.86. The van der Waals surface area contributed by atoms with Gasteiger partial charge in [0.05, 0.1) is 5.69 Å². The average molecular weight is 450 g/mol. The zero-order chi connectivity index (χ0) is 22.5. The maximum Gasteiger partial charge on any atom is 0.0692 e. The Morgan fingerprint density at radius 3 is 2.13 bits per heavy atom. The number of hydrogen-bond acceptors (Lipinski definition) is 2. The van der Waals surface area contributed by atoms with Crippen molar-refractivity contribution < 1.29 is 0 Å². The average Bonchev–Trinajstić information content (AvgIpc) is 3.10. The van der Waals surface area contributed by atoms with Gasteiger partial charge in [-0.3, -0.25) is 4.74 Å².